The molecule has 6 nitrogen and oxygen atoms in total. The minimum atomic E-state index is -0.605. The summed E-state index contributed by atoms with van der Waals surface area (Å²) in [7, 11) is 0. The van der Waals surface area contributed by atoms with Gasteiger partial charge in [0.25, 0.3) is 5.91 Å². The summed E-state index contributed by atoms with van der Waals surface area (Å²) in [6.07, 6.45) is -0.605. The molecule has 0 saturated heterocycles. The number of nitrogens with one attached hydrogen (secondary N) is 3. The van der Waals surface area contributed by atoms with Gasteiger partial charge in [-0.15, -0.1) is 0 Å². The molecule has 6 heteroatoms. The van der Waals surface area contributed by atoms with Crippen molar-refractivity contribution in [2.45, 2.75) is 66.2 Å². The predicted molar refractivity (Wildman–Crippen MR) is 121 cm³/mol. The average molecular weight is 412 g/mol. The van der Waals surface area contributed by atoms with Gasteiger partial charge in [-0.05, 0) is 68.5 Å². The van der Waals surface area contributed by atoms with Gasteiger partial charge < -0.3 is 20.7 Å². The number of urea groups is 1. The number of amides is 3. The molecule has 3 amide bonds. The fraction of sp³-hybridized carbons (Fsp3) is 0.417. The molecule has 30 heavy (non-hydrogen) atoms. The molecule has 0 aromatic heterocycles. The SMILES string of the molecule is Cc1ccc(C(C)C)cc1OC(C)C(=O)NCc1ccc(NC(=O)NC(C)C)cc1. The standard InChI is InChI=1S/C24H33N3O3/c1-15(2)20-10-7-17(5)22(13-20)30-18(6)23(28)25-14-19-8-11-21(12-9-19)27-24(29)26-16(3)4/h7-13,15-16,18H,14H2,1-6H3,(H,25,28)(H2,26,27,29). The van der Waals surface area contributed by atoms with Gasteiger partial charge in [-0.25, -0.2) is 4.79 Å². The van der Waals surface area contributed by atoms with E-state index in [1.54, 1.807) is 6.92 Å². The van der Waals surface area contributed by atoms with Gasteiger partial charge in [-0.1, -0.05) is 38.1 Å². The molecule has 0 spiro atoms. The van der Waals surface area contributed by atoms with Crippen molar-refractivity contribution in [3.05, 3.63) is 59.2 Å². The Morgan fingerprint density at radius 1 is 0.967 bits per heavy atom. The van der Waals surface area contributed by atoms with Crippen molar-refractivity contribution in [1.29, 1.82) is 0 Å². The number of anilines is 1. The molecule has 1 unspecified atom stereocenters. The van der Waals surface area contributed by atoms with E-state index in [2.05, 4.69) is 35.9 Å². The van der Waals surface area contributed by atoms with Crippen molar-refractivity contribution in [2.24, 2.45) is 0 Å². The van der Waals surface area contributed by atoms with Crippen LogP contribution < -0.4 is 20.7 Å². The van der Waals surface area contributed by atoms with Crippen LogP contribution in [0.25, 0.3) is 0 Å². The first-order chi connectivity index (χ1) is 14.2. The first-order valence-electron chi connectivity index (χ1n) is 10.4. The van der Waals surface area contributed by atoms with Crippen LogP contribution in [0.15, 0.2) is 42.5 Å². The third-order valence-corrected chi connectivity index (χ3v) is 4.65. The third-order valence-electron chi connectivity index (χ3n) is 4.65. The molecule has 3 N–H and O–H groups in total. The van der Waals surface area contributed by atoms with Crippen molar-refractivity contribution >= 4 is 17.6 Å². The van der Waals surface area contributed by atoms with Crippen molar-refractivity contribution in [2.75, 3.05) is 5.32 Å². The molecule has 162 valence electrons. The Morgan fingerprint density at radius 2 is 1.63 bits per heavy atom. The number of hydrogen-bond acceptors (Lipinski definition) is 3. The molecular weight excluding hydrogens is 378 g/mol. The summed E-state index contributed by atoms with van der Waals surface area (Å²) < 4.78 is 5.91. The summed E-state index contributed by atoms with van der Waals surface area (Å²) in [6, 6.07) is 13.3. The lowest BCUT2D eigenvalue weighted by Crippen LogP contribution is -2.36. The fourth-order valence-corrected chi connectivity index (χ4v) is 2.81. The lowest BCUT2D eigenvalue weighted by Gasteiger charge is -2.18. The normalized spacial score (nSPS) is 11.9. The summed E-state index contributed by atoms with van der Waals surface area (Å²) in [5.74, 6) is 0.952. The highest BCUT2D eigenvalue weighted by Gasteiger charge is 2.16. The molecule has 2 aromatic rings. The highest BCUT2D eigenvalue weighted by molar-refractivity contribution is 5.89. The maximum absolute atomic E-state index is 12.5. The van der Waals surface area contributed by atoms with Gasteiger partial charge >= 0.3 is 6.03 Å². The molecule has 0 aliphatic heterocycles. The molecular formula is C24H33N3O3. The molecule has 2 rings (SSSR count). The van der Waals surface area contributed by atoms with Gasteiger partial charge in [-0.2, -0.15) is 0 Å². The van der Waals surface area contributed by atoms with Crippen LogP contribution in [0.3, 0.4) is 0 Å². The van der Waals surface area contributed by atoms with Gasteiger partial charge in [0.1, 0.15) is 5.75 Å². The lowest BCUT2D eigenvalue weighted by molar-refractivity contribution is -0.127. The Balaban J connectivity index is 1.88. The van der Waals surface area contributed by atoms with Gasteiger partial charge in [0, 0.05) is 18.3 Å². The van der Waals surface area contributed by atoms with Crippen LogP contribution in [-0.4, -0.2) is 24.1 Å². The van der Waals surface area contributed by atoms with E-state index in [4.69, 9.17) is 4.74 Å². The summed E-state index contributed by atoms with van der Waals surface area (Å²) in [5, 5.41) is 8.44. The summed E-state index contributed by atoms with van der Waals surface area (Å²) in [4.78, 5) is 24.2. The first-order valence-corrected chi connectivity index (χ1v) is 10.4. The minimum absolute atomic E-state index is 0.0697. The monoisotopic (exact) mass is 411 g/mol. The molecule has 2 aromatic carbocycles. The van der Waals surface area contributed by atoms with E-state index < -0.39 is 6.10 Å². The molecule has 0 fully saturated rings. The maximum Gasteiger partial charge on any atom is 0.319 e. The van der Waals surface area contributed by atoms with Crippen molar-refractivity contribution < 1.29 is 14.3 Å². The quantitative estimate of drug-likeness (QED) is 0.587. The van der Waals surface area contributed by atoms with Crippen molar-refractivity contribution in [1.82, 2.24) is 10.6 Å². The zero-order chi connectivity index (χ0) is 22.3. The van der Waals surface area contributed by atoms with Crippen molar-refractivity contribution in [3.8, 4) is 5.75 Å². The van der Waals surface area contributed by atoms with Crippen LogP contribution in [0, 0.1) is 6.92 Å². The summed E-state index contributed by atoms with van der Waals surface area (Å²) in [5.41, 5.74) is 3.81. The summed E-state index contributed by atoms with van der Waals surface area (Å²) >= 11 is 0. The van der Waals surface area contributed by atoms with E-state index in [1.165, 1.54) is 5.56 Å². The van der Waals surface area contributed by atoms with Crippen LogP contribution in [-0.2, 0) is 11.3 Å². The van der Waals surface area contributed by atoms with Crippen LogP contribution in [0.5, 0.6) is 5.75 Å². The average Bonchev–Trinajstić information content (AvgIpc) is 2.67. The van der Waals surface area contributed by atoms with Crippen molar-refractivity contribution in [3.63, 3.8) is 0 Å². The molecule has 0 saturated carbocycles. The minimum Gasteiger partial charge on any atom is -0.481 e. The predicted octanol–water partition coefficient (Wildman–Crippen LogP) is 4.73. The van der Waals surface area contributed by atoms with E-state index in [0.29, 0.717) is 18.2 Å². The zero-order valence-corrected chi connectivity index (χ0v) is 18.7. The second-order valence-corrected chi connectivity index (χ2v) is 8.11. The van der Waals surface area contributed by atoms with Crippen LogP contribution in [0.1, 0.15) is 57.2 Å². The second kappa shape index (κ2) is 10.7. The Kier molecular flexibility index (Phi) is 8.27. The highest BCUT2D eigenvalue weighted by atomic mass is 16.5. The lowest BCUT2D eigenvalue weighted by atomic mass is 10.0. The Hall–Kier alpha value is -3.02. The van der Waals surface area contributed by atoms with Crippen LogP contribution in [0.2, 0.25) is 0 Å². The van der Waals surface area contributed by atoms with E-state index in [9.17, 15) is 9.59 Å². The molecule has 0 aliphatic carbocycles. The van der Waals surface area contributed by atoms with E-state index in [0.717, 1.165) is 16.9 Å². The van der Waals surface area contributed by atoms with Gasteiger partial charge in [0.05, 0.1) is 0 Å². The molecule has 0 heterocycles. The van der Waals surface area contributed by atoms with Gasteiger partial charge in [0.15, 0.2) is 6.10 Å². The van der Waals surface area contributed by atoms with E-state index in [-0.39, 0.29) is 18.0 Å². The molecule has 0 bridgehead atoms. The number of ether oxygens (including phenoxy) is 1. The number of carbonyl (C=O) groups is 2. The fourth-order valence-electron chi connectivity index (χ4n) is 2.81. The topological polar surface area (TPSA) is 79.5 Å². The number of rotatable bonds is 8. The Bertz CT molecular complexity index is 860. The van der Waals surface area contributed by atoms with E-state index >= 15 is 0 Å². The molecule has 0 aliphatic rings. The van der Waals surface area contributed by atoms with Gasteiger partial charge in [-0.3, -0.25) is 4.79 Å². The number of carbonyl (C=O) groups excluding carboxylic acids is 2. The third kappa shape index (κ3) is 7.10. The van der Waals surface area contributed by atoms with Gasteiger partial charge in [0.2, 0.25) is 0 Å². The largest absolute Gasteiger partial charge is 0.481 e. The molecule has 0 radical (unpaired) electrons. The maximum atomic E-state index is 12.5. The highest BCUT2D eigenvalue weighted by Crippen LogP contribution is 2.25. The zero-order valence-electron chi connectivity index (χ0n) is 18.7. The van der Waals surface area contributed by atoms with Crippen LogP contribution in [0.4, 0.5) is 10.5 Å². The summed E-state index contributed by atoms with van der Waals surface area (Å²) in [6.45, 7) is 12.2. The number of aryl methyl sites for hydroxylation is 1. The first kappa shape index (κ1) is 23.3. The smallest absolute Gasteiger partial charge is 0.319 e. The number of hydrogen-bond donors (Lipinski definition) is 3. The Morgan fingerprint density at radius 3 is 2.23 bits per heavy atom. The Labute approximate surface area is 179 Å². The van der Waals surface area contributed by atoms with Crippen LogP contribution >= 0.6 is 0 Å². The second-order valence-electron chi connectivity index (χ2n) is 8.11. The van der Waals surface area contributed by atoms with E-state index in [1.807, 2.05) is 57.2 Å². The number of benzene rings is 2. The molecule has 1 atom stereocenters.